The van der Waals surface area contributed by atoms with Crippen LogP contribution >= 0.6 is 11.8 Å². The third kappa shape index (κ3) is 5.02. The van der Waals surface area contributed by atoms with Crippen LogP contribution in [0.4, 0.5) is 10.5 Å². The van der Waals surface area contributed by atoms with Gasteiger partial charge >= 0.3 is 6.03 Å². The molecular weight excluding hydrogens is 316 g/mol. The van der Waals surface area contributed by atoms with Crippen molar-refractivity contribution in [3.63, 3.8) is 0 Å². The topological polar surface area (TPSA) is 49.4 Å². The molecule has 1 fully saturated rings. The van der Waals surface area contributed by atoms with Gasteiger partial charge < -0.3 is 10.2 Å². The molecule has 0 unspecified atom stereocenters. The first-order valence-corrected chi connectivity index (χ1v) is 10.5. The predicted octanol–water partition coefficient (Wildman–Crippen LogP) is 2.97. The summed E-state index contributed by atoms with van der Waals surface area (Å²) in [5.74, 6) is 2.37. The van der Waals surface area contributed by atoms with E-state index in [1.54, 1.807) is 4.90 Å². The highest BCUT2D eigenvalue weighted by atomic mass is 32.2. The van der Waals surface area contributed by atoms with Crippen molar-refractivity contribution < 1.29 is 9.00 Å². The van der Waals surface area contributed by atoms with Crippen molar-refractivity contribution in [2.75, 3.05) is 35.4 Å². The lowest BCUT2D eigenvalue weighted by Crippen LogP contribution is -2.42. The normalized spacial score (nSPS) is 22.2. The van der Waals surface area contributed by atoms with E-state index in [0.29, 0.717) is 18.1 Å². The van der Waals surface area contributed by atoms with E-state index in [2.05, 4.69) is 23.7 Å². The van der Waals surface area contributed by atoms with Gasteiger partial charge in [0.15, 0.2) is 0 Å². The third-order valence-corrected chi connectivity index (χ3v) is 5.86. The number of hydrogen-bond acceptors (Lipinski definition) is 3. The number of aryl methyl sites for hydroxylation is 1. The van der Waals surface area contributed by atoms with Crippen molar-refractivity contribution in [3.8, 4) is 0 Å². The Kier molecular flexibility index (Phi) is 6.76. The van der Waals surface area contributed by atoms with E-state index in [-0.39, 0.29) is 12.1 Å². The molecule has 22 heavy (non-hydrogen) atoms. The average Bonchev–Trinajstić information content (AvgIpc) is 2.68. The second kappa shape index (κ2) is 8.58. The van der Waals surface area contributed by atoms with Gasteiger partial charge in [0.05, 0.1) is 0 Å². The van der Waals surface area contributed by atoms with Crippen LogP contribution in [-0.2, 0) is 17.2 Å². The third-order valence-electron chi connectivity index (χ3n) is 3.92. The van der Waals surface area contributed by atoms with Gasteiger partial charge in [-0.2, -0.15) is 11.8 Å². The molecule has 2 amide bonds. The Labute approximate surface area is 139 Å². The maximum Gasteiger partial charge on any atom is 0.322 e. The van der Waals surface area contributed by atoms with Crippen molar-refractivity contribution in [2.45, 2.75) is 25.8 Å². The largest absolute Gasteiger partial charge is 0.322 e. The first kappa shape index (κ1) is 17.3. The number of amides is 2. The summed E-state index contributed by atoms with van der Waals surface area (Å²) in [5, 5.41) is 2.95. The number of hydrogen-bond donors (Lipinski definition) is 1. The van der Waals surface area contributed by atoms with Crippen molar-refractivity contribution in [2.24, 2.45) is 0 Å². The summed E-state index contributed by atoms with van der Waals surface area (Å²) in [6, 6.07) is 8.07. The molecule has 4 nitrogen and oxygen atoms in total. The lowest BCUT2D eigenvalue weighted by molar-refractivity contribution is 0.197. The van der Waals surface area contributed by atoms with Crippen LogP contribution in [0.5, 0.6) is 0 Å². The van der Waals surface area contributed by atoms with E-state index < -0.39 is 10.8 Å². The number of nitrogens with zero attached hydrogens (tertiary/aromatic N) is 1. The van der Waals surface area contributed by atoms with E-state index in [1.165, 1.54) is 5.56 Å². The van der Waals surface area contributed by atoms with Crippen molar-refractivity contribution in [1.29, 1.82) is 0 Å². The maximum atomic E-state index is 12.4. The molecule has 2 rings (SSSR count). The van der Waals surface area contributed by atoms with E-state index in [1.807, 2.05) is 30.8 Å². The minimum atomic E-state index is -0.792. The standard InChI is InChI=1S/C16H24N2O2S2/c1-13-8-11-22(20)12-9-18(13)16(19)17-15-5-3-14(4-6-15)7-10-21-2/h3-6,13H,7-12H2,1-2H3,(H,17,19)/t13-,22-/m0/s1. The van der Waals surface area contributed by atoms with Gasteiger partial charge in [-0.1, -0.05) is 12.1 Å². The average molecular weight is 341 g/mol. The first-order chi connectivity index (χ1) is 10.6. The lowest BCUT2D eigenvalue weighted by atomic mass is 10.1. The molecule has 122 valence electrons. The number of urea groups is 1. The highest BCUT2D eigenvalue weighted by molar-refractivity contribution is 7.98. The molecule has 1 saturated heterocycles. The van der Waals surface area contributed by atoms with Crippen LogP contribution in [0, 0.1) is 0 Å². The van der Waals surface area contributed by atoms with Crippen LogP contribution in [-0.4, -0.2) is 51.2 Å². The minimum absolute atomic E-state index is 0.0942. The monoisotopic (exact) mass is 340 g/mol. The molecule has 0 spiro atoms. The van der Waals surface area contributed by atoms with Gasteiger partial charge in [-0.25, -0.2) is 4.79 Å². The van der Waals surface area contributed by atoms with Gasteiger partial charge in [-0.05, 0) is 49.5 Å². The van der Waals surface area contributed by atoms with Gasteiger partial charge in [0.25, 0.3) is 0 Å². The fraction of sp³-hybridized carbons (Fsp3) is 0.562. The van der Waals surface area contributed by atoms with Crippen LogP contribution < -0.4 is 5.32 Å². The second-order valence-electron chi connectivity index (χ2n) is 5.55. The smallest absolute Gasteiger partial charge is 0.321 e. The zero-order valence-corrected chi connectivity index (χ0v) is 14.8. The number of carbonyl (C=O) groups excluding carboxylic acids is 1. The number of thioether (sulfide) groups is 1. The second-order valence-corrected chi connectivity index (χ2v) is 8.23. The lowest BCUT2D eigenvalue weighted by Gasteiger charge is -2.26. The molecule has 1 heterocycles. The molecule has 0 saturated carbocycles. The van der Waals surface area contributed by atoms with Gasteiger partial charge in [0.1, 0.15) is 0 Å². The van der Waals surface area contributed by atoms with Gasteiger partial charge in [0.2, 0.25) is 0 Å². The van der Waals surface area contributed by atoms with E-state index in [0.717, 1.165) is 24.3 Å². The molecule has 1 N–H and O–H groups in total. The number of carbonyl (C=O) groups is 1. The van der Waals surface area contributed by atoms with E-state index >= 15 is 0 Å². The van der Waals surface area contributed by atoms with Crippen LogP contribution in [0.3, 0.4) is 0 Å². The summed E-state index contributed by atoms with van der Waals surface area (Å²) in [7, 11) is -0.792. The van der Waals surface area contributed by atoms with E-state index in [9.17, 15) is 9.00 Å². The Morgan fingerprint density at radius 3 is 2.77 bits per heavy atom. The number of benzene rings is 1. The van der Waals surface area contributed by atoms with Gasteiger partial charge in [0, 0.05) is 40.6 Å². The molecular formula is C16H24N2O2S2. The van der Waals surface area contributed by atoms with E-state index in [4.69, 9.17) is 0 Å². The van der Waals surface area contributed by atoms with Crippen LogP contribution in [0.2, 0.25) is 0 Å². The molecule has 2 atom stereocenters. The molecule has 0 aromatic heterocycles. The van der Waals surface area contributed by atoms with Crippen molar-refractivity contribution in [1.82, 2.24) is 4.90 Å². The zero-order valence-electron chi connectivity index (χ0n) is 13.2. The molecule has 6 heteroatoms. The molecule has 0 aliphatic carbocycles. The van der Waals surface area contributed by atoms with Crippen molar-refractivity contribution in [3.05, 3.63) is 29.8 Å². The zero-order chi connectivity index (χ0) is 15.9. The first-order valence-electron chi connectivity index (χ1n) is 7.60. The quantitative estimate of drug-likeness (QED) is 0.917. The Balaban J connectivity index is 1.94. The minimum Gasteiger partial charge on any atom is -0.321 e. The Bertz CT molecular complexity index is 519. The maximum absolute atomic E-state index is 12.4. The summed E-state index contributed by atoms with van der Waals surface area (Å²) < 4.78 is 11.6. The molecule has 1 aliphatic heterocycles. The summed E-state index contributed by atoms with van der Waals surface area (Å²) in [6.45, 7) is 2.58. The Hall–Kier alpha value is -1.01. The van der Waals surface area contributed by atoms with Crippen molar-refractivity contribution >= 4 is 34.3 Å². The van der Waals surface area contributed by atoms with Crippen LogP contribution in [0.1, 0.15) is 18.9 Å². The highest BCUT2D eigenvalue weighted by Gasteiger charge is 2.24. The summed E-state index contributed by atoms with van der Waals surface area (Å²) in [4.78, 5) is 14.2. The number of rotatable bonds is 4. The highest BCUT2D eigenvalue weighted by Crippen LogP contribution is 2.15. The molecule has 1 aromatic carbocycles. The molecule has 1 aliphatic rings. The van der Waals surface area contributed by atoms with Gasteiger partial charge in [-0.15, -0.1) is 0 Å². The number of anilines is 1. The van der Waals surface area contributed by atoms with Crippen LogP contribution in [0.15, 0.2) is 24.3 Å². The fourth-order valence-corrected chi connectivity index (χ4v) is 4.10. The Morgan fingerprint density at radius 2 is 2.09 bits per heavy atom. The Morgan fingerprint density at radius 1 is 1.36 bits per heavy atom. The SMILES string of the molecule is CSCCc1ccc(NC(=O)N2CC[S@@](=O)CC[C@@H]2C)cc1. The molecule has 1 aromatic rings. The number of nitrogens with one attached hydrogen (secondary N) is 1. The summed E-state index contributed by atoms with van der Waals surface area (Å²) >= 11 is 1.83. The predicted molar refractivity (Wildman–Crippen MR) is 96.2 cm³/mol. The molecule has 0 bridgehead atoms. The van der Waals surface area contributed by atoms with Crippen LogP contribution in [0.25, 0.3) is 0 Å². The fourth-order valence-electron chi connectivity index (χ4n) is 2.45. The van der Waals surface area contributed by atoms with Gasteiger partial charge in [-0.3, -0.25) is 4.21 Å². The summed E-state index contributed by atoms with van der Waals surface area (Å²) in [5.41, 5.74) is 2.10. The summed E-state index contributed by atoms with van der Waals surface area (Å²) in [6.07, 6.45) is 3.95. The molecule has 0 radical (unpaired) electrons.